The summed E-state index contributed by atoms with van der Waals surface area (Å²) in [6.07, 6.45) is 2.29. The van der Waals surface area contributed by atoms with Gasteiger partial charge in [0.05, 0.1) is 30.0 Å². The van der Waals surface area contributed by atoms with Crippen LogP contribution >= 0.6 is 0 Å². The summed E-state index contributed by atoms with van der Waals surface area (Å²) in [5.74, 6) is -0.702. The van der Waals surface area contributed by atoms with Gasteiger partial charge in [0.15, 0.2) is 5.75 Å². The molecule has 0 radical (unpaired) electrons. The second-order valence-corrected chi connectivity index (χ2v) is 6.69. The molecule has 0 spiro atoms. The van der Waals surface area contributed by atoms with Gasteiger partial charge in [-0.3, -0.25) is 9.78 Å². The summed E-state index contributed by atoms with van der Waals surface area (Å²) < 4.78 is 43.2. The van der Waals surface area contributed by atoms with E-state index >= 15 is 0 Å². The Kier molecular flexibility index (Phi) is 4.39. The molecule has 0 aliphatic carbocycles. The number of halogens is 1. The number of amides is 1. The smallest absolute Gasteiger partial charge is 0.372 e. The number of nitrogens with zero attached hydrogens (tertiary/aromatic N) is 2. The Morgan fingerprint density at radius 2 is 2.18 bits per heavy atom. The highest BCUT2D eigenvalue weighted by atomic mass is 32.3. The number of pyridine rings is 1. The normalized spacial score (nSPS) is 21.5. The fraction of sp³-hybridized carbons (Fsp3) is 0.538. The van der Waals surface area contributed by atoms with Crippen molar-refractivity contribution in [3.8, 4) is 5.75 Å². The largest absolute Gasteiger partial charge is 0.488 e. The molecule has 1 aliphatic heterocycles. The quantitative estimate of drug-likeness (QED) is 0.776. The van der Waals surface area contributed by atoms with Crippen LogP contribution in [0.1, 0.15) is 31.1 Å². The average Bonchev–Trinajstić information content (AvgIpc) is 2.39. The predicted octanol–water partition coefficient (Wildman–Crippen LogP) is 1.31. The molecule has 2 rings (SSSR count). The van der Waals surface area contributed by atoms with Gasteiger partial charge in [-0.2, -0.15) is 8.42 Å². The maximum Gasteiger partial charge on any atom is 0.488 e. The van der Waals surface area contributed by atoms with E-state index in [2.05, 4.69) is 9.17 Å². The summed E-state index contributed by atoms with van der Waals surface area (Å²) in [6, 6.07) is 0.997. The van der Waals surface area contributed by atoms with Crippen LogP contribution < -0.4 is 4.18 Å². The van der Waals surface area contributed by atoms with Crippen LogP contribution in [-0.2, 0) is 15.2 Å². The number of hydrogen-bond donors (Lipinski definition) is 0. The minimum atomic E-state index is -5.16. The van der Waals surface area contributed by atoms with Crippen LogP contribution in [0.5, 0.6) is 5.75 Å². The lowest BCUT2D eigenvalue weighted by atomic mass is 10.0. The fourth-order valence-electron chi connectivity index (χ4n) is 2.18. The Morgan fingerprint density at radius 3 is 2.82 bits per heavy atom. The van der Waals surface area contributed by atoms with E-state index in [9.17, 15) is 17.1 Å². The van der Waals surface area contributed by atoms with Crippen LogP contribution in [0.4, 0.5) is 3.89 Å². The van der Waals surface area contributed by atoms with Crippen molar-refractivity contribution < 1.29 is 26.0 Å². The monoisotopic (exact) mass is 332 g/mol. The minimum Gasteiger partial charge on any atom is -0.372 e. The minimum absolute atomic E-state index is 0.116. The van der Waals surface area contributed by atoms with Crippen molar-refractivity contribution >= 4 is 16.4 Å². The van der Waals surface area contributed by atoms with E-state index in [-0.39, 0.29) is 23.3 Å². The Labute approximate surface area is 128 Å². The van der Waals surface area contributed by atoms with Gasteiger partial charge in [0.25, 0.3) is 5.91 Å². The highest BCUT2D eigenvalue weighted by molar-refractivity contribution is 7.81. The van der Waals surface area contributed by atoms with Gasteiger partial charge in [0, 0.05) is 12.7 Å². The van der Waals surface area contributed by atoms with Crippen LogP contribution in [0.15, 0.2) is 18.5 Å². The molecule has 7 nitrogen and oxygen atoms in total. The maximum atomic E-state index is 12.5. The highest BCUT2D eigenvalue weighted by Crippen LogP contribution is 2.23. The number of hydrogen-bond acceptors (Lipinski definition) is 6. The van der Waals surface area contributed by atoms with Crippen molar-refractivity contribution in [2.45, 2.75) is 32.4 Å². The van der Waals surface area contributed by atoms with Crippen LogP contribution in [0.25, 0.3) is 0 Å². The Morgan fingerprint density at radius 1 is 1.50 bits per heavy atom. The van der Waals surface area contributed by atoms with E-state index in [1.807, 2.05) is 20.8 Å². The zero-order valence-electron chi connectivity index (χ0n) is 12.4. The lowest BCUT2D eigenvalue weighted by Gasteiger charge is -2.42. The van der Waals surface area contributed by atoms with Crippen molar-refractivity contribution in [2.75, 3.05) is 13.2 Å². The van der Waals surface area contributed by atoms with E-state index in [4.69, 9.17) is 4.74 Å². The molecule has 2 heterocycles. The van der Waals surface area contributed by atoms with E-state index in [1.165, 1.54) is 6.20 Å². The molecule has 9 heteroatoms. The number of ether oxygens (including phenoxy) is 1. The molecule has 1 aromatic rings. The molecule has 22 heavy (non-hydrogen) atoms. The van der Waals surface area contributed by atoms with Crippen molar-refractivity contribution in [3.05, 3.63) is 24.0 Å². The topological polar surface area (TPSA) is 85.8 Å². The molecule has 0 unspecified atom stereocenters. The molecule has 1 atom stereocenters. The third-order valence-electron chi connectivity index (χ3n) is 3.22. The summed E-state index contributed by atoms with van der Waals surface area (Å²) in [4.78, 5) is 17.9. The van der Waals surface area contributed by atoms with Gasteiger partial charge in [-0.1, -0.05) is 3.89 Å². The van der Waals surface area contributed by atoms with Crippen molar-refractivity contribution in [3.63, 3.8) is 0 Å². The van der Waals surface area contributed by atoms with Crippen LogP contribution in [0.2, 0.25) is 0 Å². The number of rotatable bonds is 3. The molecule has 122 valence electrons. The zero-order chi connectivity index (χ0) is 16.5. The van der Waals surface area contributed by atoms with Crippen LogP contribution in [0, 0.1) is 0 Å². The first-order chi connectivity index (χ1) is 10.1. The third-order valence-corrected chi connectivity index (χ3v) is 3.61. The number of aromatic nitrogens is 1. The van der Waals surface area contributed by atoms with Crippen molar-refractivity contribution in [1.29, 1.82) is 0 Å². The summed E-state index contributed by atoms with van der Waals surface area (Å²) in [6.45, 7) is 6.34. The summed E-state index contributed by atoms with van der Waals surface area (Å²) in [5, 5.41) is 0. The van der Waals surface area contributed by atoms with Crippen molar-refractivity contribution in [1.82, 2.24) is 9.88 Å². The molecule has 1 saturated heterocycles. The van der Waals surface area contributed by atoms with Gasteiger partial charge in [0.2, 0.25) is 0 Å². The first-order valence-corrected chi connectivity index (χ1v) is 7.92. The molecule has 1 amide bonds. The fourth-order valence-corrected chi connectivity index (χ4v) is 2.50. The lowest BCUT2D eigenvalue weighted by Crippen LogP contribution is -2.55. The molecule has 1 aliphatic rings. The average molecular weight is 332 g/mol. The van der Waals surface area contributed by atoms with Crippen LogP contribution in [0.3, 0.4) is 0 Å². The van der Waals surface area contributed by atoms with Gasteiger partial charge in [-0.25, -0.2) is 0 Å². The molecular formula is C13H17FN2O5S. The summed E-state index contributed by atoms with van der Waals surface area (Å²) >= 11 is 0. The number of carbonyl (C=O) groups is 1. The van der Waals surface area contributed by atoms with E-state index in [1.54, 1.807) is 4.90 Å². The number of carbonyl (C=O) groups excluding carboxylic acids is 1. The molecule has 1 fully saturated rings. The molecule has 0 N–H and O–H groups in total. The second kappa shape index (κ2) is 5.81. The molecule has 0 saturated carbocycles. The molecule has 0 bridgehead atoms. The predicted molar refractivity (Wildman–Crippen MR) is 75.4 cm³/mol. The van der Waals surface area contributed by atoms with Gasteiger partial charge in [0.1, 0.15) is 0 Å². The first kappa shape index (κ1) is 16.6. The SMILES string of the molecule is C[C@H]1COC(C)(C)CN1C(=O)c1cncc(OS(=O)(=O)F)c1. The van der Waals surface area contributed by atoms with E-state index < -0.39 is 16.1 Å². The Bertz CT molecular complexity index is 677. The van der Waals surface area contributed by atoms with Gasteiger partial charge >= 0.3 is 10.5 Å². The lowest BCUT2D eigenvalue weighted by molar-refractivity contribution is -0.0980. The summed E-state index contributed by atoms with van der Waals surface area (Å²) in [7, 11) is -5.16. The van der Waals surface area contributed by atoms with Crippen molar-refractivity contribution in [2.24, 2.45) is 0 Å². The standard InChI is InChI=1S/C13H17FN2O5S/c1-9-7-20-13(2,3)8-16(9)12(17)10-4-11(6-15-5-10)21-22(14,18)19/h4-6,9H,7-8H2,1-3H3/t9-/m0/s1. The molecule has 0 aromatic carbocycles. The number of morpholine rings is 1. The van der Waals surface area contributed by atoms with Crippen LogP contribution in [-0.4, -0.2) is 49.0 Å². The zero-order valence-corrected chi connectivity index (χ0v) is 13.3. The Balaban J connectivity index is 2.23. The van der Waals surface area contributed by atoms with Gasteiger partial charge in [-0.15, -0.1) is 0 Å². The summed E-state index contributed by atoms with van der Waals surface area (Å²) in [5.41, 5.74) is -0.364. The molecule has 1 aromatic heterocycles. The second-order valence-electron chi connectivity index (χ2n) is 5.74. The van der Waals surface area contributed by atoms with Gasteiger partial charge in [-0.05, 0) is 26.8 Å². The molecular weight excluding hydrogens is 315 g/mol. The maximum absolute atomic E-state index is 12.5. The van der Waals surface area contributed by atoms with Gasteiger partial charge < -0.3 is 13.8 Å². The first-order valence-electron chi connectivity index (χ1n) is 6.61. The van der Waals surface area contributed by atoms with E-state index in [0.29, 0.717) is 13.2 Å². The highest BCUT2D eigenvalue weighted by Gasteiger charge is 2.35. The third kappa shape index (κ3) is 4.14. The van der Waals surface area contributed by atoms with E-state index in [0.717, 1.165) is 12.3 Å². The Hall–Kier alpha value is -1.74.